The zero-order valence-corrected chi connectivity index (χ0v) is 10.3. The molecule has 1 unspecified atom stereocenters. The number of nitrogens with zero attached hydrogens (tertiary/aromatic N) is 2. The summed E-state index contributed by atoms with van der Waals surface area (Å²) >= 11 is 0. The average Bonchev–Trinajstić information content (AvgIpc) is 2.34. The molecule has 1 rings (SSSR count). The number of nitrogens with one attached hydrogen (secondary N) is 1. The molecule has 0 saturated carbocycles. The molecule has 0 aliphatic heterocycles. The van der Waals surface area contributed by atoms with Crippen molar-refractivity contribution in [3.63, 3.8) is 0 Å². The zero-order valence-electron chi connectivity index (χ0n) is 10.3. The number of hydrogen-bond acceptors (Lipinski definition) is 3. The van der Waals surface area contributed by atoms with Crippen LogP contribution in [-0.4, -0.2) is 30.9 Å². The first-order valence-electron chi connectivity index (χ1n) is 5.24. The Labute approximate surface area is 104 Å². The minimum atomic E-state index is -1.22. The number of anilines is 1. The van der Waals surface area contributed by atoms with E-state index in [1.807, 2.05) is 0 Å². The Hall–Kier alpha value is -2.16. The molecule has 1 aromatic rings. The number of carbonyl (C=O) groups excluding carboxylic acids is 1. The lowest BCUT2D eigenvalue weighted by Crippen LogP contribution is -2.36. The van der Waals surface area contributed by atoms with Crippen LogP contribution in [0.15, 0.2) is 12.1 Å². The summed E-state index contributed by atoms with van der Waals surface area (Å²) in [5.41, 5.74) is -0.515. The maximum absolute atomic E-state index is 13.6. The largest absolute Gasteiger partial charge is 0.371 e. The molecule has 0 aliphatic rings. The molecule has 0 heterocycles. The summed E-state index contributed by atoms with van der Waals surface area (Å²) in [7, 11) is 3.13. The van der Waals surface area contributed by atoms with Crippen molar-refractivity contribution < 1.29 is 13.6 Å². The van der Waals surface area contributed by atoms with Gasteiger partial charge in [0, 0.05) is 14.1 Å². The van der Waals surface area contributed by atoms with E-state index in [9.17, 15) is 13.6 Å². The number of hydrogen-bond donors (Lipinski definition) is 1. The van der Waals surface area contributed by atoms with Gasteiger partial charge in [0.15, 0.2) is 11.6 Å². The highest BCUT2D eigenvalue weighted by Crippen LogP contribution is 2.21. The van der Waals surface area contributed by atoms with Crippen molar-refractivity contribution in [3.05, 3.63) is 29.3 Å². The Morgan fingerprint density at radius 2 is 2.00 bits per heavy atom. The quantitative estimate of drug-likeness (QED) is 0.892. The lowest BCUT2D eigenvalue weighted by atomic mass is 10.2. The van der Waals surface area contributed by atoms with Crippen molar-refractivity contribution in [1.82, 2.24) is 4.90 Å². The molecule has 1 atom stereocenters. The number of benzene rings is 1. The molecule has 18 heavy (non-hydrogen) atoms. The first kappa shape index (κ1) is 13.9. The third-order valence-electron chi connectivity index (χ3n) is 2.39. The summed E-state index contributed by atoms with van der Waals surface area (Å²) in [6.45, 7) is 1.54. The molecule has 0 bridgehead atoms. The van der Waals surface area contributed by atoms with Crippen molar-refractivity contribution in [2.45, 2.75) is 13.0 Å². The van der Waals surface area contributed by atoms with Crippen LogP contribution in [0.2, 0.25) is 0 Å². The van der Waals surface area contributed by atoms with E-state index < -0.39 is 17.7 Å². The van der Waals surface area contributed by atoms with Crippen molar-refractivity contribution >= 4 is 11.6 Å². The molecular weight excluding hydrogens is 240 g/mol. The smallest absolute Gasteiger partial charge is 0.244 e. The summed E-state index contributed by atoms with van der Waals surface area (Å²) in [5, 5.41) is 11.1. The second-order valence-corrected chi connectivity index (χ2v) is 4.00. The van der Waals surface area contributed by atoms with Crippen molar-refractivity contribution in [2.24, 2.45) is 0 Å². The fourth-order valence-corrected chi connectivity index (χ4v) is 1.43. The average molecular weight is 253 g/mol. The highest BCUT2D eigenvalue weighted by molar-refractivity contribution is 5.83. The lowest BCUT2D eigenvalue weighted by molar-refractivity contribution is -0.129. The molecule has 96 valence electrons. The van der Waals surface area contributed by atoms with Crippen LogP contribution in [0.5, 0.6) is 0 Å². The predicted octanol–water partition coefficient (Wildman–Crippen LogP) is 1.73. The topological polar surface area (TPSA) is 56.1 Å². The first-order chi connectivity index (χ1) is 8.38. The van der Waals surface area contributed by atoms with Gasteiger partial charge in [-0.05, 0) is 19.1 Å². The van der Waals surface area contributed by atoms with Crippen LogP contribution >= 0.6 is 0 Å². The summed E-state index contributed by atoms with van der Waals surface area (Å²) in [6, 6.07) is 3.24. The van der Waals surface area contributed by atoms with Gasteiger partial charge in [0.1, 0.15) is 12.1 Å². The molecule has 0 saturated heterocycles. The van der Waals surface area contributed by atoms with E-state index in [2.05, 4.69) is 5.32 Å². The van der Waals surface area contributed by atoms with Gasteiger partial charge in [0.2, 0.25) is 5.91 Å². The van der Waals surface area contributed by atoms with E-state index in [0.717, 1.165) is 6.07 Å². The van der Waals surface area contributed by atoms with E-state index in [0.29, 0.717) is 0 Å². The minimum Gasteiger partial charge on any atom is -0.371 e. The standard InChI is InChI=1S/C12H13F2N3O/c1-7(12(18)17(2)3)16-9-5-4-8(6-15)10(13)11(9)14/h4-5,7,16H,1-3H3. The van der Waals surface area contributed by atoms with Gasteiger partial charge in [0.05, 0.1) is 11.3 Å². The molecule has 0 radical (unpaired) electrons. The second-order valence-electron chi connectivity index (χ2n) is 4.00. The van der Waals surface area contributed by atoms with Crippen LogP contribution in [0.4, 0.5) is 14.5 Å². The molecule has 0 aliphatic carbocycles. The number of nitriles is 1. The third kappa shape index (κ3) is 2.74. The molecule has 1 N–H and O–H groups in total. The molecule has 4 nitrogen and oxygen atoms in total. The maximum Gasteiger partial charge on any atom is 0.244 e. The molecule has 1 aromatic carbocycles. The fraction of sp³-hybridized carbons (Fsp3) is 0.333. The van der Waals surface area contributed by atoms with Crippen LogP contribution in [-0.2, 0) is 4.79 Å². The first-order valence-corrected chi connectivity index (χ1v) is 5.24. The van der Waals surface area contributed by atoms with E-state index in [-0.39, 0.29) is 17.2 Å². The SMILES string of the molecule is CC(Nc1ccc(C#N)c(F)c1F)C(=O)N(C)C. The second kappa shape index (κ2) is 5.45. The van der Waals surface area contributed by atoms with Crippen LogP contribution < -0.4 is 5.32 Å². The summed E-state index contributed by atoms with van der Waals surface area (Å²) < 4.78 is 26.9. The number of carbonyl (C=O) groups is 1. The summed E-state index contributed by atoms with van der Waals surface area (Å²) in [6.07, 6.45) is 0. The highest BCUT2D eigenvalue weighted by atomic mass is 19.2. The van der Waals surface area contributed by atoms with Gasteiger partial charge in [-0.1, -0.05) is 0 Å². The Kier molecular flexibility index (Phi) is 4.21. The van der Waals surface area contributed by atoms with Crippen LogP contribution in [0.3, 0.4) is 0 Å². The molecule has 6 heteroatoms. The van der Waals surface area contributed by atoms with Gasteiger partial charge in [-0.25, -0.2) is 8.78 Å². The maximum atomic E-state index is 13.6. The number of halogens is 2. The van der Waals surface area contributed by atoms with Gasteiger partial charge in [-0.15, -0.1) is 0 Å². The van der Waals surface area contributed by atoms with Crippen LogP contribution in [0.25, 0.3) is 0 Å². The Morgan fingerprint density at radius 3 is 2.50 bits per heavy atom. The molecular formula is C12H13F2N3O. The van der Waals surface area contributed by atoms with Crippen LogP contribution in [0, 0.1) is 23.0 Å². The van der Waals surface area contributed by atoms with Crippen molar-refractivity contribution in [3.8, 4) is 6.07 Å². The molecule has 0 aromatic heterocycles. The van der Waals surface area contributed by atoms with E-state index >= 15 is 0 Å². The van der Waals surface area contributed by atoms with Gasteiger partial charge < -0.3 is 10.2 Å². The van der Waals surface area contributed by atoms with Gasteiger partial charge in [-0.3, -0.25) is 4.79 Å². The molecule has 0 fully saturated rings. The number of rotatable bonds is 3. The fourth-order valence-electron chi connectivity index (χ4n) is 1.43. The van der Waals surface area contributed by atoms with E-state index in [1.165, 1.54) is 24.0 Å². The lowest BCUT2D eigenvalue weighted by Gasteiger charge is -2.19. The monoisotopic (exact) mass is 253 g/mol. The molecule has 0 spiro atoms. The van der Waals surface area contributed by atoms with Crippen molar-refractivity contribution in [2.75, 3.05) is 19.4 Å². The summed E-state index contributed by atoms with van der Waals surface area (Å²) in [4.78, 5) is 12.9. The van der Waals surface area contributed by atoms with Crippen LogP contribution in [0.1, 0.15) is 12.5 Å². The highest BCUT2D eigenvalue weighted by Gasteiger charge is 2.19. The summed E-state index contributed by atoms with van der Waals surface area (Å²) in [5.74, 6) is -2.64. The van der Waals surface area contributed by atoms with Crippen molar-refractivity contribution in [1.29, 1.82) is 5.26 Å². The Balaban J connectivity index is 2.97. The van der Waals surface area contributed by atoms with Gasteiger partial charge in [0.25, 0.3) is 0 Å². The predicted molar refractivity (Wildman–Crippen MR) is 62.9 cm³/mol. The molecule has 1 amide bonds. The number of amides is 1. The van der Waals surface area contributed by atoms with Gasteiger partial charge >= 0.3 is 0 Å². The Bertz CT molecular complexity index is 509. The van der Waals surface area contributed by atoms with Gasteiger partial charge in [-0.2, -0.15) is 5.26 Å². The number of likely N-dealkylation sites (N-methyl/N-ethyl adjacent to an activating group) is 1. The zero-order chi connectivity index (χ0) is 13.9. The third-order valence-corrected chi connectivity index (χ3v) is 2.39. The minimum absolute atomic E-state index is 0.144. The van der Waals surface area contributed by atoms with E-state index in [4.69, 9.17) is 5.26 Å². The Morgan fingerprint density at radius 1 is 1.39 bits per heavy atom. The van der Waals surface area contributed by atoms with E-state index in [1.54, 1.807) is 14.1 Å². The normalized spacial score (nSPS) is 11.6.